The Bertz CT molecular complexity index is 1070. The fourth-order valence-electron chi connectivity index (χ4n) is 3.64. The number of rotatable bonds is 13. The van der Waals surface area contributed by atoms with Crippen LogP contribution >= 0.6 is 11.8 Å². The second kappa shape index (κ2) is 12.3. The van der Waals surface area contributed by atoms with Crippen LogP contribution in [0, 0.1) is 19.8 Å². The van der Waals surface area contributed by atoms with E-state index in [2.05, 4.69) is 57.5 Å². The summed E-state index contributed by atoms with van der Waals surface area (Å²) in [6, 6.07) is 1.46. The molecule has 0 saturated carbocycles. The molecule has 0 aliphatic heterocycles. The van der Waals surface area contributed by atoms with Gasteiger partial charge in [-0.05, 0) is 37.9 Å². The van der Waals surface area contributed by atoms with Crippen molar-refractivity contribution >= 4 is 26.0 Å². The van der Waals surface area contributed by atoms with Crippen molar-refractivity contribution in [2.45, 2.75) is 71.5 Å². The van der Waals surface area contributed by atoms with Crippen molar-refractivity contribution in [3.8, 4) is 11.5 Å². The van der Waals surface area contributed by atoms with E-state index >= 15 is 0 Å². The zero-order valence-electron chi connectivity index (χ0n) is 23.1. The molecule has 0 aliphatic rings. The zero-order chi connectivity index (χ0) is 27.3. The average molecular weight is 536 g/mol. The van der Waals surface area contributed by atoms with Gasteiger partial charge in [-0.25, -0.2) is 4.79 Å². The maximum Gasteiger partial charge on any atom is 0.339 e. The van der Waals surface area contributed by atoms with Crippen molar-refractivity contribution < 1.29 is 23.2 Å². The summed E-state index contributed by atoms with van der Waals surface area (Å²) < 4.78 is 23.2. The lowest BCUT2D eigenvalue weighted by atomic mass is 9.99. The third-order valence-electron chi connectivity index (χ3n) is 7.13. The highest BCUT2D eigenvalue weighted by Gasteiger charge is 2.45. The van der Waals surface area contributed by atoms with Gasteiger partial charge in [-0.15, -0.1) is 0 Å². The molecular weight excluding hydrogens is 494 g/mol. The Labute approximate surface area is 220 Å². The first-order valence-electron chi connectivity index (χ1n) is 12.1. The van der Waals surface area contributed by atoms with Gasteiger partial charge in [0.1, 0.15) is 18.1 Å². The zero-order valence-corrected chi connectivity index (χ0v) is 24.9. The molecule has 0 amide bonds. The van der Waals surface area contributed by atoms with E-state index in [9.17, 15) is 4.79 Å². The number of hydrogen-bond acceptors (Lipinski definition) is 9. The van der Waals surface area contributed by atoms with Gasteiger partial charge in [-0.1, -0.05) is 45.5 Å². The highest BCUT2D eigenvalue weighted by Crippen LogP contribution is 2.47. The number of carbonyl (C=O) groups is 1. The van der Waals surface area contributed by atoms with Gasteiger partial charge in [0.05, 0.1) is 18.7 Å². The van der Waals surface area contributed by atoms with Crippen LogP contribution in [0.2, 0.25) is 18.1 Å². The van der Waals surface area contributed by atoms with E-state index in [1.165, 1.54) is 0 Å². The second-order valence-corrected chi connectivity index (χ2v) is 15.8. The van der Waals surface area contributed by atoms with Crippen molar-refractivity contribution in [3.05, 3.63) is 47.1 Å². The van der Waals surface area contributed by atoms with E-state index in [4.69, 9.17) is 24.2 Å². The molecule has 200 valence electrons. The molecule has 0 spiro atoms. The molecule has 2 aromatic rings. The fourth-order valence-corrected chi connectivity index (χ4v) is 7.03. The molecule has 1 aromatic carbocycles. The molecule has 0 unspecified atom stereocenters. The van der Waals surface area contributed by atoms with E-state index in [0.717, 1.165) is 5.56 Å². The Morgan fingerprint density at radius 1 is 1.31 bits per heavy atom. The SMILES string of the molecule is C=CCOC(=O)c1c(C)c(OC)cc(O[Si](C)(C)C(C)(C)C(C)C)c1CSC[C@H](N)c1nc(C)no1. The summed E-state index contributed by atoms with van der Waals surface area (Å²) in [4.78, 5) is 17.4. The fraction of sp³-hybridized carbons (Fsp3) is 0.577. The third kappa shape index (κ3) is 6.71. The lowest BCUT2D eigenvalue weighted by Gasteiger charge is -2.43. The van der Waals surface area contributed by atoms with Gasteiger partial charge in [0.25, 0.3) is 8.32 Å². The molecule has 1 aromatic heterocycles. The van der Waals surface area contributed by atoms with Gasteiger partial charge in [0.15, 0.2) is 5.82 Å². The molecule has 1 heterocycles. The van der Waals surface area contributed by atoms with Crippen molar-refractivity contribution in [2.24, 2.45) is 11.7 Å². The first-order chi connectivity index (χ1) is 16.8. The predicted octanol–water partition coefficient (Wildman–Crippen LogP) is 5.99. The predicted molar refractivity (Wildman–Crippen MR) is 147 cm³/mol. The number of benzene rings is 1. The summed E-state index contributed by atoms with van der Waals surface area (Å²) in [5.74, 6) is 3.12. The molecule has 0 bridgehead atoms. The van der Waals surface area contributed by atoms with E-state index in [1.807, 2.05) is 13.0 Å². The minimum Gasteiger partial charge on any atom is -0.543 e. The molecule has 1 atom stereocenters. The summed E-state index contributed by atoms with van der Waals surface area (Å²) in [7, 11) is -0.716. The van der Waals surface area contributed by atoms with Crippen LogP contribution in [0.3, 0.4) is 0 Å². The van der Waals surface area contributed by atoms with Gasteiger partial charge in [0, 0.05) is 28.7 Å². The Hall–Kier alpha value is -2.30. The summed E-state index contributed by atoms with van der Waals surface area (Å²) in [6.07, 6.45) is 1.55. The second-order valence-electron chi connectivity index (χ2n) is 10.2. The van der Waals surface area contributed by atoms with E-state index in [-0.39, 0.29) is 11.6 Å². The Morgan fingerprint density at radius 3 is 2.50 bits per heavy atom. The maximum absolute atomic E-state index is 13.2. The number of nitrogens with two attached hydrogens (primary N) is 1. The summed E-state index contributed by atoms with van der Waals surface area (Å²) in [6.45, 7) is 20.7. The van der Waals surface area contributed by atoms with Crippen LogP contribution in [0.25, 0.3) is 0 Å². The van der Waals surface area contributed by atoms with Crippen LogP contribution < -0.4 is 14.9 Å². The number of hydrogen-bond donors (Lipinski definition) is 1. The number of nitrogens with zero attached hydrogens (tertiary/aromatic N) is 2. The van der Waals surface area contributed by atoms with Gasteiger partial charge < -0.3 is 24.2 Å². The highest BCUT2D eigenvalue weighted by molar-refractivity contribution is 7.98. The number of ether oxygens (including phenoxy) is 2. The largest absolute Gasteiger partial charge is 0.543 e. The Kier molecular flexibility index (Phi) is 10.2. The molecule has 0 aliphatic carbocycles. The first kappa shape index (κ1) is 29.9. The molecule has 8 nitrogen and oxygen atoms in total. The minimum absolute atomic E-state index is 0.0305. The van der Waals surface area contributed by atoms with E-state index in [0.29, 0.717) is 51.8 Å². The minimum atomic E-state index is -2.30. The first-order valence-corrected chi connectivity index (χ1v) is 16.1. The monoisotopic (exact) mass is 535 g/mol. The quantitative estimate of drug-likeness (QED) is 0.188. The summed E-state index contributed by atoms with van der Waals surface area (Å²) >= 11 is 1.56. The van der Waals surface area contributed by atoms with Crippen molar-refractivity contribution in [1.29, 1.82) is 0 Å². The van der Waals surface area contributed by atoms with Crippen molar-refractivity contribution in [1.82, 2.24) is 10.1 Å². The van der Waals surface area contributed by atoms with Gasteiger partial charge >= 0.3 is 5.97 Å². The number of carbonyl (C=O) groups excluding carboxylic acids is 1. The average Bonchev–Trinajstić information content (AvgIpc) is 3.24. The number of thioether (sulfide) groups is 1. The van der Waals surface area contributed by atoms with Crippen LogP contribution in [-0.2, 0) is 10.5 Å². The molecule has 0 radical (unpaired) electrons. The number of esters is 1. The van der Waals surface area contributed by atoms with E-state index in [1.54, 1.807) is 31.9 Å². The maximum atomic E-state index is 13.2. The van der Waals surface area contributed by atoms with Crippen LogP contribution in [-0.4, -0.2) is 43.9 Å². The van der Waals surface area contributed by atoms with Crippen molar-refractivity contribution in [2.75, 3.05) is 19.5 Å². The molecule has 2 rings (SSSR count). The van der Waals surface area contributed by atoms with Crippen LogP contribution in [0.1, 0.15) is 66.9 Å². The Balaban J connectivity index is 2.52. The molecular formula is C26H41N3O5SSi. The normalized spacial score (nSPS) is 13.0. The summed E-state index contributed by atoms with van der Waals surface area (Å²) in [5, 5.41) is 3.79. The standard InChI is InChI=1S/C26H41N3O5SSi/c1-11-12-32-25(30)23-17(4)21(31-8)13-22(34-36(9,10)26(6,7)16(2)3)19(23)14-35-15-20(27)24-28-18(5)29-33-24/h11,13,16,20H,1,12,14-15,27H2,2-10H3/t20-/m0/s1. The van der Waals surface area contributed by atoms with Crippen molar-refractivity contribution in [3.63, 3.8) is 0 Å². The van der Waals surface area contributed by atoms with Crippen LogP contribution in [0.15, 0.2) is 23.2 Å². The van der Waals surface area contributed by atoms with Gasteiger partial charge in [0.2, 0.25) is 5.89 Å². The molecule has 36 heavy (non-hydrogen) atoms. The highest BCUT2D eigenvalue weighted by atomic mass is 32.2. The van der Waals surface area contributed by atoms with Gasteiger partial charge in [-0.3, -0.25) is 0 Å². The van der Waals surface area contributed by atoms with E-state index < -0.39 is 20.3 Å². The van der Waals surface area contributed by atoms with Gasteiger partial charge in [-0.2, -0.15) is 16.7 Å². The topological polar surface area (TPSA) is 110 Å². The Morgan fingerprint density at radius 2 is 1.97 bits per heavy atom. The summed E-state index contributed by atoms with van der Waals surface area (Å²) in [5.41, 5.74) is 8.20. The molecule has 0 fully saturated rings. The number of methoxy groups -OCH3 is 1. The van der Waals surface area contributed by atoms with Crippen LogP contribution in [0.4, 0.5) is 0 Å². The molecule has 10 heteroatoms. The molecule has 2 N–H and O–H groups in total. The molecule has 0 saturated heterocycles. The smallest absolute Gasteiger partial charge is 0.339 e. The van der Waals surface area contributed by atoms with Crippen LogP contribution in [0.5, 0.6) is 11.5 Å². The number of aryl methyl sites for hydroxylation is 1. The number of aromatic nitrogens is 2. The third-order valence-corrected chi connectivity index (χ3v) is 12.6. The lowest BCUT2D eigenvalue weighted by molar-refractivity contribution is 0.0547. The lowest BCUT2D eigenvalue weighted by Crippen LogP contribution is -2.48.